The molecule has 0 saturated carbocycles. The van der Waals surface area contributed by atoms with Gasteiger partial charge in [-0.3, -0.25) is 9.59 Å². The van der Waals surface area contributed by atoms with Crippen molar-refractivity contribution in [1.29, 1.82) is 0 Å². The number of ether oxygens (including phenoxy) is 2. The number of aromatic nitrogens is 1. The van der Waals surface area contributed by atoms with Crippen molar-refractivity contribution in [2.24, 2.45) is 0 Å². The minimum Gasteiger partial charge on any atom is -0.492 e. The maximum Gasteiger partial charge on any atom is 0.266 e. The van der Waals surface area contributed by atoms with Crippen LogP contribution in [0.15, 0.2) is 47.3 Å². The summed E-state index contributed by atoms with van der Waals surface area (Å²) in [4.78, 5) is 27.5. The second kappa shape index (κ2) is 8.91. The van der Waals surface area contributed by atoms with Crippen molar-refractivity contribution in [2.45, 2.75) is 6.92 Å². The van der Waals surface area contributed by atoms with Crippen molar-refractivity contribution in [3.63, 3.8) is 0 Å². The molecule has 2 aromatic carbocycles. The predicted molar refractivity (Wildman–Crippen MR) is 112 cm³/mol. The number of H-pyrrole nitrogens is 1. The zero-order valence-electron chi connectivity index (χ0n) is 15.3. The molecule has 1 N–H and O–H groups in total. The smallest absolute Gasteiger partial charge is 0.266 e. The van der Waals surface area contributed by atoms with Crippen molar-refractivity contribution in [3.8, 4) is 11.5 Å². The lowest BCUT2D eigenvalue weighted by Gasteiger charge is -2.11. The molecular formula is C21H18ClNO4S. The van der Waals surface area contributed by atoms with E-state index in [0.29, 0.717) is 43.5 Å². The molecule has 0 unspecified atom stereocenters. The van der Waals surface area contributed by atoms with Gasteiger partial charge in [0.2, 0.25) is 0 Å². The Hall–Kier alpha value is -2.83. The zero-order chi connectivity index (χ0) is 20.1. The van der Waals surface area contributed by atoms with E-state index in [-0.39, 0.29) is 11.3 Å². The number of hydrogen-bond acceptors (Lipinski definition) is 5. The highest BCUT2D eigenvalue weighted by atomic mass is 35.5. The average Bonchev–Trinajstić information content (AvgIpc) is 3.01. The van der Waals surface area contributed by atoms with Crippen LogP contribution < -0.4 is 24.2 Å². The molecule has 0 amide bonds. The van der Waals surface area contributed by atoms with Gasteiger partial charge in [-0.15, -0.1) is 11.3 Å². The molecule has 7 heteroatoms. The summed E-state index contributed by atoms with van der Waals surface area (Å²) in [6, 6.07) is 12.2. The topological polar surface area (TPSA) is 68.4 Å². The number of carbonyl (C=O) groups excluding carboxylic acids is 1. The quantitative estimate of drug-likeness (QED) is 0.628. The van der Waals surface area contributed by atoms with Gasteiger partial charge in [-0.05, 0) is 31.2 Å². The summed E-state index contributed by atoms with van der Waals surface area (Å²) in [5, 5.41) is 0.368. The molecule has 0 radical (unpaired) electrons. The fourth-order valence-electron chi connectivity index (χ4n) is 2.66. The fraction of sp³-hybridized carbons (Fsp3) is 0.143. The highest BCUT2D eigenvalue weighted by Gasteiger charge is 2.10. The number of methoxy groups -OCH3 is 1. The van der Waals surface area contributed by atoms with Gasteiger partial charge < -0.3 is 14.5 Å². The number of rotatable bonds is 6. The maximum absolute atomic E-state index is 12.4. The van der Waals surface area contributed by atoms with Crippen molar-refractivity contribution in [2.75, 3.05) is 13.7 Å². The first-order chi connectivity index (χ1) is 13.5. The van der Waals surface area contributed by atoms with Crippen molar-refractivity contribution in [1.82, 2.24) is 4.98 Å². The Morgan fingerprint density at radius 2 is 2.00 bits per heavy atom. The Labute approximate surface area is 170 Å². The Morgan fingerprint density at radius 1 is 1.21 bits per heavy atom. The van der Waals surface area contributed by atoms with Crippen LogP contribution >= 0.6 is 22.9 Å². The van der Waals surface area contributed by atoms with E-state index in [0.717, 1.165) is 0 Å². The standard InChI is InChI=1S/C21H18ClNO4S/c1-3-27-17-10-6-7-13(20(17)26-2)11-18-21(25)23-19(28-18)12-16(24)14-8-4-5-9-15(14)22/h4-12H,3H2,1-2H3,(H,23,25)/b18-11-,19-12-. The Morgan fingerprint density at radius 3 is 2.71 bits per heavy atom. The van der Waals surface area contributed by atoms with Gasteiger partial charge >= 0.3 is 0 Å². The van der Waals surface area contributed by atoms with E-state index >= 15 is 0 Å². The summed E-state index contributed by atoms with van der Waals surface area (Å²) in [5.41, 5.74) is 0.812. The third-order valence-electron chi connectivity index (χ3n) is 3.88. The number of nitrogens with one attached hydrogen (secondary N) is 1. The molecule has 28 heavy (non-hydrogen) atoms. The minimum absolute atomic E-state index is 0.273. The number of para-hydroxylation sites is 1. The van der Waals surface area contributed by atoms with Crippen LogP contribution in [0.1, 0.15) is 22.8 Å². The van der Waals surface area contributed by atoms with E-state index in [1.165, 1.54) is 17.4 Å². The van der Waals surface area contributed by atoms with E-state index in [9.17, 15) is 9.59 Å². The molecule has 0 atom stereocenters. The predicted octanol–water partition coefficient (Wildman–Crippen LogP) is 2.99. The van der Waals surface area contributed by atoms with Crippen LogP contribution in [0.5, 0.6) is 11.5 Å². The molecule has 0 aliphatic rings. The molecule has 1 heterocycles. The molecule has 0 saturated heterocycles. The summed E-state index contributed by atoms with van der Waals surface area (Å²) in [6.07, 6.45) is 3.08. The van der Waals surface area contributed by atoms with Gasteiger partial charge in [-0.2, -0.15) is 0 Å². The highest BCUT2D eigenvalue weighted by Crippen LogP contribution is 2.31. The Bertz CT molecular complexity index is 1180. The first-order valence-corrected chi connectivity index (χ1v) is 9.74. The number of Topliss-reactive ketones (excluding diaryl/α,β-unsaturated/α-hetero) is 1. The van der Waals surface area contributed by atoms with Crippen LogP contribution in [-0.2, 0) is 0 Å². The molecule has 3 aromatic rings. The van der Waals surface area contributed by atoms with Gasteiger partial charge in [-0.1, -0.05) is 35.9 Å². The average molecular weight is 416 g/mol. The van der Waals surface area contributed by atoms with Gasteiger partial charge in [0.15, 0.2) is 17.3 Å². The molecule has 0 fully saturated rings. The van der Waals surface area contributed by atoms with Crippen molar-refractivity contribution >= 4 is 40.9 Å². The molecule has 0 aliphatic heterocycles. The van der Waals surface area contributed by atoms with Crippen LogP contribution in [0.25, 0.3) is 12.2 Å². The molecule has 144 valence electrons. The highest BCUT2D eigenvalue weighted by molar-refractivity contribution is 7.07. The molecule has 5 nitrogen and oxygen atoms in total. The number of halogens is 1. The van der Waals surface area contributed by atoms with Crippen LogP contribution in [0.2, 0.25) is 5.02 Å². The van der Waals surface area contributed by atoms with E-state index in [1.807, 2.05) is 19.1 Å². The number of aromatic amines is 1. The lowest BCUT2D eigenvalue weighted by Crippen LogP contribution is -2.20. The fourth-order valence-corrected chi connectivity index (χ4v) is 3.76. The van der Waals surface area contributed by atoms with Gasteiger partial charge in [-0.25, -0.2) is 0 Å². The monoisotopic (exact) mass is 415 g/mol. The van der Waals surface area contributed by atoms with E-state index in [2.05, 4.69) is 4.98 Å². The third-order valence-corrected chi connectivity index (χ3v) is 5.17. The number of carbonyl (C=O) groups is 1. The number of hydrogen-bond donors (Lipinski definition) is 1. The Kier molecular flexibility index (Phi) is 6.34. The van der Waals surface area contributed by atoms with Gasteiger partial charge in [0.05, 0.1) is 27.9 Å². The zero-order valence-corrected chi connectivity index (χ0v) is 16.9. The van der Waals surface area contributed by atoms with Gasteiger partial charge in [0.1, 0.15) is 0 Å². The normalized spacial score (nSPS) is 12.2. The molecule has 0 bridgehead atoms. The van der Waals surface area contributed by atoms with E-state index < -0.39 is 0 Å². The van der Waals surface area contributed by atoms with Crippen LogP contribution in [0, 0.1) is 0 Å². The van der Waals surface area contributed by atoms with Crippen LogP contribution in [0.4, 0.5) is 0 Å². The number of benzene rings is 2. The SMILES string of the molecule is CCOc1cccc(/C=c2\s/c(=C\C(=O)c3ccccc3Cl)[nH]c2=O)c1OC. The van der Waals surface area contributed by atoms with Crippen LogP contribution in [0.3, 0.4) is 0 Å². The molecule has 1 aromatic heterocycles. The first kappa shape index (κ1) is 19.9. The van der Waals surface area contributed by atoms with Crippen molar-refractivity contribution in [3.05, 3.63) is 78.2 Å². The summed E-state index contributed by atoms with van der Waals surface area (Å²) in [5.74, 6) is 0.882. The van der Waals surface area contributed by atoms with Gasteiger partial charge in [0.25, 0.3) is 5.56 Å². The first-order valence-electron chi connectivity index (χ1n) is 8.54. The van der Waals surface area contributed by atoms with Gasteiger partial charge in [0, 0.05) is 17.2 Å². The van der Waals surface area contributed by atoms with E-state index in [4.69, 9.17) is 21.1 Å². The van der Waals surface area contributed by atoms with E-state index in [1.54, 1.807) is 43.5 Å². The number of ketones is 1. The summed E-state index contributed by atoms with van der Waals surface area (Å²) in [6.45, 7) is 2.39. The summed E-state index contributed by atoms with van der Waals surface area (Å²) >= 11 is 7.24. The molecular weight excluding hydrogens is 398 g/mol. The number of thiazole rings is 1. The molecule has 0 aliphatic carbocycles. The van der Waals surface area contributed by atoms with Crippen LogP contribution in [-0.4, -0.2) is 24.5 Å². The lowest BCUT2D eigenvalue weighted by atomic mass is 10.1. The lowest BCUT2D eigenvalue weighted by molar-refractivity contribution is 0.106. The second-order valence-electron chi connectivity index (χ2n) is 5.73. The maximum atomic E-state index is 12.4. The summed E-state index contributed by atoms with van der Waals surface area (Å²) < 4.78 is 11.9. The Balaban J connectivity index is 2.04. The largest absolute Gasteiger partial charge is 0.492 e. The minimum atomic E-state index is -0.285. The summed E-state index contributed by atoms with van der Waals surface area (Å²) in [7, 11) is 1.55. The molecule has 3 rings (SSSR count). The second-order valence-corrected chi connectivity index (χ2v) is 7.22. The van der Waals surface area contributed by atoms with Crippen molar-refractivity contribution < 1.29 is 14.3 Å². The molecule has 0 spiro atoms. The third kappa shape index (κ3) is 4.35.